The van der Waals surface area contributed by atoms with Crippen molar-refractivity contribution in [1.82, 2.24) is 20.1 Å². The zero-order chi connectivity index (χ0) is 40.9. The second kappa shape index (κ2) is 17.2. The number of aromatic nitrogens is 1. The maximum atomic E-state index is 13.4. The highest BCUT2D eigenvalue weighted by Gasteiger charge is 2.41. The van der Waals surface area contributed by atoms with Gasteiger partial charge in [-0.2, -0.15) is 0 Å². The minimum Gasteiger partial charge on any atom is -0.506 e. The van der Waals surface area contributed by atoms with Gasteiger partial charge in [0.05, 0.1) is 11.6 Å². The van der Waals surface area contributed by atoms with Crippen LogP contribution in [-0.2, 0) is 21.6 Å². The first kappa shape index (κ1) is 40.2. The largest absolute Gasteiger partial charge is 0.506 e. The van der Waals surface area contributed by atoms with Gasteiger partial charge in [-0.05, 0) is 97.2 Å². The van der Waals surface area contributed by atoms with Crippen molar-refractivity contribution in [2.24, 2.45) is 5.41 Å². The van der Waals surface area contributed by atoms with Gasteiger partial charge in [-0.25, -0.2) is 4.79 Å². The number of carboxylic acid groups (broad SMARTS) is 1. The Balaban J connectivity index is 0.836. The maximum absolute atomic E-state index is 13.4. The van der Waals surface area contributed by atoms with Gasteiger partial charge in [0.1, 0.15) is 11.5 Å². The number of carboxylic acids is 1. The van der Waals surface area contributed by atoms with Gasteiger partial charge in [-0.3, -0.25) is 14.4 Å². The molecule has 3 heterocycles. The van der Waals surface area contributed by atoms with E-state index in [1.54, 1.807) is 59.5 Å². The molecule has 0 aliphatic carbocycles. The van der Waals surface area contributed by atoms with E-state index in [9.17, 15) is 39.6 Å². The average molecular weight is 789 g/mol. The number of nitrogens with one attached hydrogen (secondary N) is 2. The minimum absolute atomic E-state index is 0.00418. The van der Waals surface area contributed by atoms with Crippen molar-refractivity contribution < 1.29 is 39.5 Å². The fourth-order valence-electron chi connectivity index (χ4n) is 8.18. The maximum Gasteiger partial charge on any atom is 0.345 e. The number of pyridine rings is 1. The van der Waals surface area contributed by atoms with E-state index in [2.05, 4.69) is 10.3 Å². The monoisotopic (exact) mass is 788 g/mol. The molecule has 2 atom stereocenters. The summed E-state index contributed by atoms with van der Waals surface area (Å²) in [4.78, 5) is 56.8. The lowest BCUT2D eigenvalue weighted by molar-refractivity contribution is -0.155. The first-order valence-corrected chi connectivity index (χ1v) is 19.6. The third kappa shape index (κ3) is 8.61. The molecule has 58 heavy (non-hydrogen) atoms. The van der Waals surface area contributed by atoms with Crippen molar-refractivity contribution in [3.05, 3.63) is 141 Å². The number of aromatic amines is 1. The lowest BCUT2D eigenvalue weighted by Gasteiger charge is -2.46. The number of phenolic OH excluding ortho intramolecular Hbond substituents is 1. The van der Waals surface area contributed by atoms with Gasteiger partial charge in [0.2, 0.25) is 11.2 Å². The van der Waals surface area contributed by atoms with Crippen LogP contribution < -0.4 is 15.6 Å². The number of piperidine rings is 2. The van der Waals surface area contributed by atoms with Crippen molar-refractivity contribution in [3.63, 3.8) is 0 Å². The Labute approximate surface area is 335 Å². The van der Waals surface area contributed by atoms with Crippen LogP contribution in [-0.4, -0.2) is 98.9 Å². The SMILES string of the molecule is O=C(COc1cccc([C@](O)(C(=O)O)c2ccccc2)c1)N1CCC2(CC1)CCN(C(=O)c1ccc(CCNC[C@H](O)c3ccc(O)c4[nH]c(=O)ccc34)cc1)CC2. The van der Waals surface area contributed by atoms with E-state index in [1.165, 1.54) is 24.3 Å². The Bertz CT molecular complexity index is 2310. The highest BCUT2D eigenvalue weighted by atomic mass is 16.5. The van der Waals surface area contributed by atoms with Gasteiger partial charge in [0.25, 0.3) is 11.8 Å². The summed E-state index contributed by atoms with van der Waals surface area (Å²) in [5, 5.41) is 45.9. The molecular weight excluding hydrogens is 741 g/mol. The number of aliphatic hydroxyl groups is 2. The number of fused-ring (bicyclic) bond motifs is 1. The fourth-order valence-corrected chi connectivity index (χ4v) is 8.18. The Morgan fingerprint density at radius 3 is 2.19 bits per heavy atom. The Hall–Kier alpha value is -6.02. The van der Waals surface area contributed by atoms with Gasteiger partial charge in [-0.15, -0.1) is 0 Å². The molecule has 1 aromatic heterocycles. The molecule has 0 bridgehead atoms. The van der Waals surface area contributed by atoms with Crippen LogP contribution >= 0.6 is 0 Å². The van der Waals surface area contributed by atoms with Gasteiger partial charge in [0, 0.05) is 55.3 Å². The normalized spacial score (nSPS) is 16.8. The number of aliphatic carboxylic acids is 1. The van der Waals surface area contributed by atoms with E-state index in [0.29, 0.717) is 61.2 Å². The predicted molar refractivity (Wildman–Crippen MR) is 217 cm³/mol. The first-order chi connectivity index (χ1) is 28.0. The number of ether oxygens (including phenoxy) is 1. The number of carbonyl (C=O) groups is 3. The molecule has 1 spiro atoms. The van der Waals surface area contributed by atoms with Crippen molar-refractivity contribution in [2.45, 2.75) is 43.8 Å². The summed E-state index contributed by atoms with van der Waals surface area (Å²) in [7, 11) is 0. The molecule has 13 nitrogen and oxygen atoms in total. The van der Waals surface area contributed by atoms with Crippen LogP contribution in [0.25, 0.3) is 10.9 Å². The molecule has 2 saturated heterocycles. The quantitative estimate of drug-likeness (QED) is 0.0936. The van der Waals surface area contributed by atoms with Crippen LogP contribution in [0.3, 0.4) is 0 Å². The summed E-state index contributed by atoms with van der Waals surface area (Å²) in [5.41, 5.74) is 0.387. The number of amides is 2. The summed E-state index contributed by atoms with van der Waals surface area (Å²) in [6.07, 6.45) is 3.26. The average Bonchev–Trinajstić information content (AvgIpc) is 3.25. The van der Waals surface area contributed by atoms with Crippen molar-refractivity contribution in [2.75, 3.05) is 45.9 Å². The number of rotatable bonds is 13. The van der Waals surface area contributed by atoms with Crippen LogP contribution in [0.5, 0.6) is 11.5 Å². The van der Waals surface area contributed by atoms with Gasteiger partial charge < -0.3 is 45.3 Å². The van der Waals surface area contributed by atoms with Crippen LogP contribution in [0.15, 0.2) is 108 Å². The fraction of sp³-hybridized carbons (Fsp3) is 0.333. The first-order valence-electron chi connectivity index (χ1n) is 19.6. The lowest BCUT2D eigenvalue weighted by atomic mass is 9.71. The van der Waals surface area contributed by atoms with Gasteiger partial charge in [-0.1, -0.05) is 60.7 Å². The van der Waals surface area contributed by atoms with Crippen LogP contribution in [0.1, 0.15) is 64.4 Å². The summed E-state index contributed by atoms with van der Waals surface area (Å²) in [5.74, 6) is -1.35. The molecule has 302 valence electrons. The van der Waals surface area contributed by atoms with E-state index in [4.69, 9.17) is 4.74 Å². The Morgan fingerprint density at radius 1 is 0.828 bits per heavy atom. The number of carbonyl (C=O) groups excluding carboxylic acids is 2. The van der Waals surface area contributed by atoms with Crippen LogP contribution in [0, 0.1) is 5.41 Å². The number of hydrogen-bond donors (Lipinski definition) is 6. The number of likely N-dealkylation sites (tertiary alicyclic amines) is 2. The molecule has 13 heteroatoms. The molecule has 2 amide bonds. The molecule has 4 aromatic carbocycles. The predicted octanol–water partition coefficient (Wildman–Crippen LogP) is 4.34. The van der Waals surface area contributed by atoms with E-state index in [1.807, 2.05) is 29.2 Å². The molecule has 0 radical (unpaired) electrons. The number of benzene rings is 4. The smallest absolute Gasteiger partial charge is 0.345 e. The summed E-state index contributed by atoms with van der Waals surface area (Å²) in [6, 6.07) is 28.0. The second-order valence-corrected chi connectivity index (χ2v) is 15.3. The molecule has 2 aliphatic heterocycles. The van der Waals surface area contributed by atoms with E-state index in [-0.39, 0.29) is 58.6 Å². The number of hydrogen-bond acceptors (Lipinski definition) is 9. The zero-order valence-electron chi connectivity index (χ0n) is 32.1. The molecule has 2 fully saturated rings. The van der Waals surface area contributed by atoms with E-state index >= 15 is 0 Å². The molecule has 0 saturated carbocycles. The highest BCUT2D eigenvalue weighted by molar-refractivity contribution is 5.94. The van der Waals surface area contributed by atoms with Crippen molar-refractivity contribution >= 4 is 28.7 Å². The number of aliphatic hydroxyl groups excluding tert-OH is 1. The van der Waals surface area contributed by atoms with Gasteiger partial charge >= 0.3 is 5.97 Å². The van der Waals surface area contributed by atoms with Crippen molar-refractivity contribution in [1.29, 1.82) is 0 Å². The van der Waals surface area contributed by atoms with Crippen LogP contribution in [0.4, 0.5) is 0 Å². The lowest BCUT2D eigenvalue weighted by Crippen LogP contribution is -2.50. The molecule has 5 aromatic rings. The van der Waals surface area contributed by atoms with Crippen LogP contribution in [0.2, 0.25) is 0 Å². The highest BCUT2D eigenvalue weighted by Crippen LogP contribution is 2.41. The summed E-state index contributed by atoms with van der Waals surface area (Å²) in [6.45, 7) is 3.16. The standard InChI is InChI=1S/C45H48N4O9/c50-37-15-13-35(36-14-16-39(52)47-41(36)37)38(51)28-46-22-17-30-9-11-31(12-10-30)42(54)49-25-20-44(21-26-49)18-23-48(24-19-44)40(53)29-58-34-8-4-7-33(27-34)45(57,43(55)56)32-5-2-1-3-6-32/h1-16,27,38,46,50-51,57H,17-26,28-29H2,(H,47,52)(H,55,56)/t38-,45-/m0/s1. The number of nitrogens with zero attached hydrogens (tertiary/aromatic N) is 2. The molecule has 0 unspecified atom stereocenters. The zero-order valence-corrected chi connectivity index (χ0v) is 32.1. The number of H-pyrrole nitrogens is 1. The summed E-state index contributed by atoms with van der Waals surface area (Å²) >= 11 is 0. The van der Waals surface area contributed by atoms with Crippen molar-refractivity contribution in [3.8, 4) is 11.5 Å². The molecular formula is C45H48N4O9. The molecule has 6 N–H and O–H groups in total. The second-order valence-electron chi connectivity index (χ2n) is 15.3. The topological polar surface area (TPSA) is 193 Å². The Morgan fingerprint density at radius 2 is 1.50 bits per heavy atom. The summed E-state index contributed by atoms with van der Waals surface area (Å²) < 4.78 is 5.80. The van der Waals surface area contributed by atoms with Gasteiger partial charge in [0.15, 0.2) is 6.61 Å². The Kier molecular flexibility index (Phi) is 11.9. The molecule has 2 aliphatic rings. The third-order valence-electron chi connectivity index (χ3n) is 11.8. The van der Waals surface area contributed by atoms with E-state index < -0.39 is 17.7 Å². The number of phenols is 1. The molecule has 7 rings (SSSR count). The van der Waals surface area contributed by atoms with E-state index in [0.717, 1.165) is 31.2 Å². The third-order valence-corrected chi connectivity index (χ3v) is 11.8. The minimum atomic E-state index is -2.27. The number of aromatic hydroxyl groups is 1.